The minimum absolute atomic E-state index is 0.0387. The minimum Gasteiger partial charge on any atom is -0.483 e. The van der Waals surface area contributed by atoms with Gasteiger partial charge < -0.3 is 14.7 Å². The predicted octanol–water partition coefficient (Wildman–Crippen LogP) is 1.67. The van der Waals surface area contributed by atoms with Gasteiger partial charge >= 0.3 is 0 Å². The van der Waals surface area contributed by atoms with Crippen LogP contribution in [0, 0.1) is 13.8 Å². The lowest BCUT2D eigenvalue weighted by atomic mass is 10.1. The van der Waals surface area contributed by atoms with Crippen LogP contribution in [0.3, 0.4) is 0 Å². The van der Waals surface area contributed by atoms with Crippen LogP contribution in [0.5, 0.6) is 5.75 Å². The van der Waals surface area contributed by atoms with E-state index in [-0.39, 0.29) is 12.5 Å². The van der Waals surface area contributed by atoms with Crippen LogP contribution in [0.15, 0.2) is 18.2 Å². The summed E-state index contributed by atoms with van der Waals surface area (Å²) in [4.78, 5) is 13.7. The molecule has 0 aliphatic carbocycles. The molecule has 0 saturated carbocycles. The van der Waals surface area contributed by atoms with Crippen molar-refractivity contribution >= 4 is 5.91 Å². The molecule has 2 rings (SSSR count). The molecule has 4 heteroatoms. The number of ether oxygens (including phenoxy) is 1. The molecule has 0 bridgehead atoms. The Hall–Kier alpha value is -1.55. The summed E-state index contributed by atoms with van der Waals surface area (Å²) in [6.45, 7) is 5.18. The van der Waals surface area contributed by atoms with Gasteiger partial charge in [-0.05, 0) is 43.9 Å². The summed E-state index contributed by atoms with van der Waals surface area (Å²) < 4.78 is 5.60. The number of β-amino-alcohol motifs (C(OH)–C–C–N with tert-alkyl or cyclic N) is 1. The van der Waals surface area contributed by atoms with Gasteiger partial charge in [0.2, 0.25) is 0 Å². The van der Waals surface area contributed by atoms with Gasteiger partial charge in [0.15, 0.2) is 6.61 Å². The first-order chi connectivity index (χ1) is 9.08. The number of likely N-dealkylation sites (tertiary alicyclic amines) is 1. The lowest BCUT2D eigenvalue weighted by Gasteiger charge is -2.30. The molecule has 104 valence electrons. The third-order valence-electron chi connectivity index (χ3n) is 3.66. The van der Waals surface area contributed by atoms with Gasteiger partial charge in [-0.15, -0.1) is 0 Å². The number of nitrogens with zero attached hydrogens (tertiary/aromatic N) is 1. The van der Waals surface area contributed by atoms with Crippen molar-refractivity contribution in [3.8, 4) is 5.75 Å². The van der Waals surface area contributed by atoms with E-state index < -0.39 is 6.10 Å². The zero-order valence-electron chi connectivity index (χ0n) is 11.6. The van der Waals surface area contributed by atoms with Crippen LogP contribution in [-0.2, 0) is 4.79 Å². The molecule has 1 aromatic carbocycles. The van der Waals surface area contributed by atoms with Gasteiger partial charge in [-0.25, -0.2) is 0 Å². The standard InChI is InChI=1S/C15H21NO3/c1-11-5-3-7-14(12(11)2)19-10-15(18)16-8-4-6-13(17)9-16/h3,5,7,13,17H,4,6,8-10H2,1-2H3. The van der Waals surface area contributed by atoms with Gasteiger partial charge in [0.1, 0.15) is 5.75 Å². The van der Waals surface area contributed by atoms with E-state index in [1.165, 1.54) is 0 Å². The molecule has 1 aromatic rings. The Morgan fingerprint density at radius 2 is 2.26 bits per heavy atom. The number of carbonyl (C=O) groups excluding carboxylic acids is 1. The molecule has 4 nitrogen and oxygen atoms in total. The fourth-order valence-electron chi connectivity index (χ4n) is 2.29. The fraction of sp³-hybridized carbons (Fsp3) is 0.533. The van der Waals surface area contributed by atoms with Crippen LogP contribution in [0.25, 0.3) is 0 Å². The predicted molar refractivity (Wildman–Crippen MR) is 73.2 cm³/mol. The molecule has 1 atom stereocenters. The first-order valence-electron chi connectivity index (χ1n) is 6.73. The van der Waals surface area contributed by atoms with Gasteiger partial charge in [0.05, 0.1) is 6.10 Å². The Labute approximate surface area is 114 Å². The van der Waals surface area contributed by atoms with E-state index in [9.17, 15) is 9.90 Å². The summed E-state index contributed by atoms with van der Waals surface area (Å²) in [6.07, 6.45) is 1.25. The first kappa shape index (κ1) is 13.9. The maximum Gasteiger partial charge on any atom is 0.260 e. The fourth-order valence-corrected chi connectivity index (χ4v) is 2.29. The third-order valence-corrected chi connectivity index (χ3v) is 3.66. The second kappa shape index (κ2) is 6.06. The Bertz CT molecular complexity index is 459. The normalized spacial score (nSPS) is 19.3. The molecule has 1 amide bonds. The van der Waals surface area contributed by atoms with Gasteiger partial charge in [0, 0.05) is 13.1 Å². The van der Waals surface area contributed by atoms with Crippen molar-refractivity contribution in [1.29, 1.82) is 0 Å². The van der Waals surface area contributed by atoms with Crippen molar-refractivity contribution in [2.75, 3.05) is 19.7 Å². The van der Waals surface area contributed by atoms with E-state index in [0.29, 0.717) is 13.1 Å². The summed E-state index contributed by atoms with van der Waals surface area (Å²) in [5.74, 6) is 0.700. The summed E-state index contributed by atoms with van der Waals surface area (Å²) in [5, 5.41) is 9.56. The molecule has 0 radical (unpaired) electrons. The van der Waals surface area contributed by atoms with Crippen LogP contribution in [-0.4, -0.2) is 41.7 Å². The molecule has 0 spiro atoms. The molecule has 19 heavy (non-hydrogen) atoms. The van der Waals surface area contributed by atoms with Crippen LogP contribution >= 0.6 is 0 Å². The largest absolute Gasteiger partial charge is 0.483 e. The SMILES string of the molecule is Cc1cccc(OCC(=O)N2CCCC(O)C2)c1C. The van der Waals surface area contributed by atoms with Crippen molar-refractivity contribution in [1.82, 2.24) is 4.90 Å². The number of amides is 1. The first-order valence-corrected chi connectivity index (χ1v) is 6.73. The molecular formula is C15H21NO3. The number of aryl methyl sites for hydroxylation is 1. The molecule has 1 aliphatic heterocycles. The Kier molecular flexibility index (Phi) is 4.43. The van der Waals surface area contributed by atoms with E-state index in [0.717, 1.165) is 29.7 Å². The quantitative estimate of drug-likeness (QED) is 0.902. The maximum absolute atomic E-state index is 12.0. The van der Waals surface area contributed by atoms with E-state index in [1.807, 2.05) is 32.0 Å². The number of carbonyl (C=O) groups is 1. The van der Waals surface area contributed by atoms with Crippen LogP contribution in [0.4, 0.5) is 0 Å². The van der Waals surface area contributed by atoms with Crippen molar-refractivity contribution in [3.05, 3.63) is 29.3 Å². The van der Waals surface area contributed by atoms with E-state index in [2.05, 4.69) is 0 Å². The topological polar surface area (TPSA) is 49.8 Å². The minimum atomic E-state index is -0.390. The zero-order chi connectivity index (χ0) is 13.8. The monoisotopic (exact) mass is 263 g/mol. The molecule has 1 saturated heterocycles. The molecule has 1 unspecified atom stereocenters. The Balaban J connectivity index is 1.91. The van der Waals surface area contributed by atoms with Crippen LogP contribution in [0.1, 0.15) is 24.0 Å². The molecule has 1 heterocycles. The highest BCUT2D eigenvalue weighted by molar-refractivity contribution is 5.78. The second-order valence-electron chi connectivity index (χ2n) is 5.12. The van der Waals surface area contributed by atoms with Gasteiger partial charge in [-0.3, -0.25) is 4.79 Å². The van der Waals surface area contributed by atoms with Crippen molar-refractivity contribution in [3.63, 3.8) is 0 Å². The van der Waals surface area contributed by atoms with E-state index in [1.54, 1.807) is 4.90 Å². The Morgan fingerprint density at radius 3 is 3.00 bits per heavy atom. The zero-order valence-corrected chi connectivity index (χ0v) is 11.6. The summed E-state index contributed by atoms with van der Waals surface area (Å²) in [5.41, 5.74) is 2.22. The van der Waals surface area contributed by atoms with Gasteiger partial charge in [0.25, 0.3) is 5.91 Å². The second-order valence-corrected chi connectivity index (χ2v) is 5.12. The smallest absolute Gasteiger partial charge is 0.260 e. The molecule has 1 N–H and O–H groups in total. The molecule has 1 fully saturated rings. The van der Waals surface area contributed by atoms with E-state index in [4.69, 9.17) is 4.74 Å². The number of benzene rings is 1. The molecule has 1 aliphatic rings. The highest BCUT2D eigenvalue weighted by Gasteiger charge is 2.22. The highest BCUT2D eigenvalue weighted by Crippen LogP contribution is 2.20. The lowest BCUT2D eigenvalue weighted by molar-refractivity contribution is -0.136. The lowest BCUT2D eigenvalue weighted by Crippen LogP contribution is -2.44. The van der Waals surface area contributed by atoms with Crippen molar-refractivity contribution in [2.24, 2.45) is 0 Å². The summed E-state index contributed by atoms with van der Waals surface area (Å²) >= 11 is 0. The number of piperidine rings is 1. The van der Waals surface area contributed by atoms with E-state index >= 15 is 0 Å². The third kappa shape index (κ3) is 3.47. The number of aliphatic hydroxyl groups excluding tert-OH is 1. The summed E-state index contributed by atoms with van der Waals surface area (Å²) in [7, 11) is 0. The number of rotatable bonds is 3. The van der Waals surface area contributed by atoms with Crippen molar-refractivity contribution in [2.45, 2.75) is 32.8 Å². The average Bonchev–Trinajstić information content (AvgIpc) is 2.40. The van der Waals surface area contributed by atoms with Crippen LogP contribution in [0.2, 0.25) is 0 Å². The average molecular weight is 263 g/mol. The summed E-state index contributed by atoms with van der Waals surface area (Å²) in [6, 6.07) is 5.82. The van der Waals surface area contributed by atoms with Gasteiger partial charge in [-0.2, -0.15) is 0 Å². The number of aliphatic hydroxyl groups is 1. The molecule has 0 aromatic heterocycles. The highest BCUT2D eigenvalue weighted by atomic mass is 16.5. The number of hydrogen-bond donors (Lipinski definition) is 1. The number of hydrogen-bond acceptors (Lipinski definition) is 3. The van der Waals surface area contributed by atoms with Crippen LogP contribution < -0.4 is 4.74 Å². The Morgan fingerprint density at radius 1 is 1.47 bits per heavy atom. The van der Waals surface area contributed by atoms with Crippen molar-refractivity contribution < 1.29 is 14.6 Å². The molecular weight excluding hydrogens is 242 g/mol. The van der Waals surface area contributed by atoms with Gasteiger partial charge in [-0.1, -0.05) is 12.1 Å². The maximum atomic E-state index is 12.0.